The molecular formula is C24H32ClNO4. The molecule has 0 aromatic heterocycles. The fraction of sp³-hybridized carbons (Fsp3) is 0.458. The quantitative estimate of drug-likeness (QED) is 0.507. The van der Waals surface area contributed by atoms with Crippen LogP contribution < -0.4 is 4.74 Å². The Kier molecular flexibility index (Phi) is 7.92. The Morgan fingerprint density at radius 2 is 1.87 bits per heavy atom. The summed E-state index contributed by atoms with van der Waals surface area (Å²) in [7, 11) is 3.94. The number of rotatable bonds is 8. The normalized spacial score (nSPS) is 16.2. The van der Waals surface area contributed by atoms with Gasteiger partial charge < -0.3 is 19.5 Å². The van der Waals surface area contributed by atoms with Crippen LogP contribution in [0.5, 0.6) is 5.75 Å². The number of aliphatic hydroxyl groups is 1. The second kappa shape index (κ2) is 9.82. The summed E-state index contributed by atoms with van der Waals surface area (Å²) in [5.74, 6) is -0.0389. The smallest absolute Gasteiger partial charge is 0.343 e. The lowest BCUT2D eigenvalue weighted by molar-refractivity contribution is -0.167. The molecule has 0 fully saturated rings. The minimum absolute atomic E-state index is 0. The highest BCUT2D eigenvalue weighted by Crippen LogP contribution is 2.43. The molecule has 1 aliphatic rings. The first kappa shape index (κ1) is 24.2. The van der Waals surface area contributed by atoms with Crippen LogP contribution in [0.25, 0.3) is 0 Å². The van der Waals surface area contributed by atoms with Crippen molar-refractivity contribution in [2.24, 2.45) is 0 Å². The van der Waals surface area contributed by atoms with E-state index in [4.69, 9.17) is 9.47 Å². The number of benzene rings is 2. The summed E-state index contributed by atoms with van der Waals surface area (Å²) in [6, 6.07) is 15.1. The third-order valence-electron chi connectivity index (χ3n) is 5.16. The molecular weight excluding hydrogens is 402 g/mol. The maximum atomic E-state index is 13.1. The third kappa shape index (κ3) is 5.54. The molecule has 164 valence electrons. The lowest BCUT2D eigenvalue weighted by Gasteiger charge is -2.29. The Morgan fingerprint density at radius 3 is 2.53 bits per heavy atom. The van der Waals surface area contributed by atoms with Crippen molar-refractivity contribution in [3.8, 4) is 5.75 Å². The molecule has 0 aliphatic carbocycles. The van der Waals surface area contributed by atoms with Crippen LogP contribution in [-0.4, -0.2) is 48.8 Å². The van der Waals surface area contributed by atoms with Crippen molar-refractivity contribution in [2.75, 3.05) is 27.2 Å². The standard InChI is InChI=1S/C24H31NO4.ClH/c1-23(2)17-19-12-8-13-20(21(19)29-23)24(27,16-18-10-6-5-7-11-18)22(26)28-15-9-14-25(3)4;/h5-8,10-13,27H,9,14-17H2,1-4H3;1H. The molecule has 3 rings (SSSR count). The highest BCUT2D eigenvalue weighted by molar-refractivity contribution is 5.85. The Hall–Kier alpha value is -2.08. The number of ether oxygens (including phenoxy) is 2. The van der Waals surface area contributed by atoms with E-state index in [9.17, 15) is 9.90 Å². The van der Waals surface area contributed by atoms with Crippen LogP contribution in [0.1, 0.15) is 37.0 Å². The van der Waals surface area contributed by atoms with E-state index in [1.807, 2.05) is 75.3 Å². The van der Waals surface area contributed by atoms with Gasteiger partial charge in [-0.05, 0) is 45.5 Å². The molecule has 2 aromatic rings. The van der Waals surface area contributed by atoms with Gasteiger partial charge in [-0.2, -0.15) is 0 Å². The van der Waals surface area contributed by atoms with Gasteiger partial charge in [-0.1, -0.05) is 48.5 Å². The summed E-state index contributed by atoms with van der Waals surface area (Å²) in [6.45, 7) is 5.08. The minimum atomic E-state index is -1.81. The van der Waals surface area contributed by atoms with Crippen LogP contribution in [-0.2, 0) is 28.0 Å². The van der Waals surface area contributed by atoms with E-state index in [0.29, 0.717) is 17.7 Å². The predicted molar refractivity (Wildman–Crippen MR) is 120 cm³/mol. The van der Waals surface area contributed by atoms with Crippen molar-refractivity contribution in [1.29, 1.82) is 0 Å². The van der Waals surface area contributed by atoms with Gasteiger partial charge in [0.2, 0.25) is 0 Å². The lowest BCUT2D eigenvalue weighted by Crippen LogP contribution is -2.40. The Morgan fingerprint density at radius 1 is 1.17 bits per heavy atom. The largest absolute Gasteiger partial charge is 0.487 e. The topological polar surface area (TPSA) is 59.0 Å². The molecule has 1 aliphatic heterocycles. The van der Waals surface area contributed by atoms with Crippen molar-refractivity contribution < 1.29 is 19.4 Å². The fourth-order valence-electron chi connectivity index (χ4n) is 3.77. The number of hydrogen-bond donors (Lipinski definition) is 1. The number of esters is 1. The van der Waals surface area contributed by atoms with E-state index in [-0.39, 0.29) is 31.0 Å². The molecule has 1 N–H and O–H groups in total. The first-order valence-electron chi connectivity index (χ1n) is 10.1. The highest BCUT2D eigenvalue weighted by atomic mass is 35.5. The molecule has 0 radical (unpaired) electrons. The van der Waals surface area contributed by atoms with Crippen molar-refractivity contribution in [3.63, 3.8) is 0 Å². The average Bonchev–Trinajstić information content (AvgIpc) is 2.99. The SMILES string of the molecule is CN(C)CCCOC(=O)C(O)(Cc1ccccc1)c1cccc2c1OC(C)(C)C2.Cl. The molecule has 0 bridgehead atoms. The lowest BCUT2D eigenvalue weighted by atomic mass is 9.85. The zero-order valence-corrected chi connectivity index (χ0v) is 19.0. The Bertz CT molecular complexity index is 854. The maximum Gasteiger partial charge on any atom is 0.343 e. The molecule has 1 atom stereocenters. The fourth-order valence-corrected chi connectivity index (χ4v) is 3.77. The van der Waals surface area contributed by atoms with Gasteiger partial charge in [0, 0.05) is 24.9 Å². The molecule has 0 saturated heterocycles. The summed E-state index contributed by atoms with van der Waals surface area (Å²) in [5, 5.41) is 11.7. The number of para-hydroxylation sites is 1. The van der Waals surface area contributed by atoms with Crippen LogP contribution >= 0.6 is 12.4 Å². The van der Waals surface area contributed by atoms with Crippen LogP contribution in [0.2, 0.25) is 0 Å². The molecule has 5 nitrogen and oxygen atoms in total. The highest BCUT2D eigenvalue weighted by Gasteiger charge is 2.45. The summed E-state index contributed by atoms with van der Waals surface area (Å²) < 4.78 is 11.7. The van der Waals surface area contributed by atoms with Gasteiger partial charge in [0.25, 0.3) is 0 Å². The van der Waals surface area contributed by atoms with Gasteiger partial charge >= 0.3 is 5.97 Å². The van der Waals surface area contributed by atoms with Crippen LogP contribution in [0.3, 0.4) is 0 Å². The molecule has 0 spiro atoms. The van der Waals surface area contributed by atoms with Gasteiger partial charge in [0.05, 0.1) is 6.61 Å². The van der Waals surface area contributed by atoms with Gasteiger partial charge in [-0.15, -0.1) is 12.4 Å². The maximum absolute atomic E-state index is 13.1. The van der Waals surface area contributed by atoms with E-state index >= 15 is 0 Å². The van der Waals surface area contributed by atoms with Crippen LogP contribution in [0.15, 0.2) is 48.5 Å². The van der Waals surface area contributed by atoms with E-state index in [2.05, 4.69) is 0 Å². The third-order valence-corrected chi connectivity index (χ3v) is 5.16. The molecule has 0 amide bonds. The molecule has 1 heterocycles. The summed E-state index contributed by atoms with van der Waals surface area (Å²) in [4.78, 5) is 15.2. The van der Waals surface area contributed by atoms with Gasteiger partial charge in [0.1, 0.15) is 11.4 Å². The van der Waals surface area contributed by atoms with Gasteiger partial charge in [-0.25, -0.2) is 4.79 Å². The van der Waals surface area contributed by atoms with E-state index < -0.39 is 11.6 Å². The number of carbonyl (C=O) groups is 1. The Labute approximate surface area is 185 Å². The Balaban J connectivity index is 0.00000320. The number of fused-ring (bicyclic) bond motifs is 1. The monoisotopic (exact) mass is 433 g/mol. The summed E-state index contributed by atoms with van der Waals surface area (Å²) >= 11 is 0. The summed E-state index contributed by atoms with van der Waals surface area (Å²) in [5.41, 5.74) is 0.143. The van der Waals surface area contributed by atoms with E-state index in [0.717, 1.165) is 24.1 Å². The van der Waals surface area contributed by atoms with Gasteiger partial charge in [-0.3, -0.25) is 0 Å². The molecule has 0 saturated carbocycles. The number of hydrogen-bond acceptors (Lipinski definition) is 5. The minimum Gasteiger partial charge on any atom is -0.487 e. The first-order valence-corrected chi connectivity index (χ1v) is 10.1. The number of nitrogens with zero attached hydrogens (tertiary/aromatic N) is 1. The van der Waals surface area contributed by atoms with Crippen LogP contribution in [0.4, 0.5) is 0 Å². The second-order valence-corrected chi connectivity index (χ2v) is 8.65. The van der Waals surface area contributed by atoms with Crippen molar-refractivity contribution in [1.82, 2.24) is 4.90 Å². The number of halogens is 1. The van der Waals surface area contributed by atoms with Crippen molar-refractivity contribution in [2.45, 2.75) is 44.3 Å². The molecule has 30 heavy (non-hydrogen) atoms. The summed E-state index contributed by atoms with van der Waals surface area (Å²) in [6.07, 6.45) is 1.56. The van der Waals surface area contributed by atoms with Crippen LogP contribution in [0, 0.1) is 0 Å². The second-order valence-electron chi connectivity index (χ2n) is 8.65. The molecule has 6 heteroatoms. The van der Waals surface area contributed by atoms with Crippen molar-refractivity contribution in [3.05, 3.63) is 65.2 Å². The zero-order chi connectivity index (χ0) is 21.1. The van der Waals surface area contributed by atoms with E-state index in [1.165, 1.54) is 0 Å². The zero-order valence-electron chi connectivity index (χ0n) is 18.2. The average molecular weight is 434 g/mol. The number of carbonyl (C=O) groups excluding carboxylic acids is 1. The molecule has 1 unspecified atom stereocenters. The predicted octanol–water partition coefficient (Wildman–Crippen LogP) is 3.75. The van der Waals surface area contributed by atoms with Gasteiger partial charge in [0.15, 0.2) is 5.60 Å². The van der Waals surface area contributed by atoms with E-state index in [1.54, 1.807) is 6.07 Å². The molecule has 2 aromatic carbocycles. The first-order chi connectivity index (χ1) is 13.7. The van der Waals surface area contributed by atoms with Crippen molar-refractivity contribution >= 4 is 18.4 Å².